The van der Waals surface area contributed by atoms with E-state index in [1.165, 1.54) is 0 Å². The molecule has 0 aliphatic heterocycles. The van der Waals surface area contributed by atoms with Gasteiger partial charge in [0.25, 0.3) is 0 Å². The van der Waals surface area contributed by atoms with Crippen LogP contribution >= 0.6 is 0 Å². The third-order valence-corrected chi connectivity index (χ3v) is 1.78. The molecule has 0 spiro atoms. The molecule has 0 aromatic rings. The van der Waals surface area contributed by atoms with Crippen LogP contribution < -0.4 is 11.1 Å². The van der Waals surface area contributed by atoms with Crippen molar-refractivity contribution < 1.29 is 4.79 Å². The monoisotopic (exact) mass is 196 g/mol. The topological polar surface area (TPSA) is 55.1 Å². The fourth-order valence-electron chi connectivity index (χ4n) is 0.878. The number of nitrogens with two attached hydrogens (primary N) is 1. The van der Waals surface area contributed by atoms with E-state index >= 15 is 0 Å². The summed E-state index contributed by atoms with van der Waals surface area (Å²) in [7, 11) is 0. The van der Waals surface area contributed by atoms with Crippen molar-refractivity contribution in [3.8, 4) is 0 Å². The fourth-order valence-corrected chi connectivity index (χ4v) is 0.878. The molecule has 0 fully saturated rings. The molecule has 1 amide bonds. The van der Waals surface area contributed by atoms with Crippen LogP contribution in [0.3, 0.4) is 0 Å². The Labute approximate surface area is 86.1 Å². The van der Waals surface area contributed by atoms with Gasteiger partial charge in [-0.25, -0.2) is 0 Å². The molecular formula is C11H20N2O. The van der Waals surface area contributed by atoms with Gasteiger partial charge in [0.15, 0.2) is 0 Å². The molecule has 3 N–H and O–H groups in total. The van der Waals surface area contributed by atoms with Gasteiger partial charge in [-0.2, -0.15) is 0 Å². The van der Waals surface area contributed by atoms with Gasteiger partial charge >= 0.3 is 0 Å². The second kappa shape index (κ2) is 6.38. The molecule has 0 saturated carbocycles. The van der Waals surface area contributed by atoms with Crippen molar-refractivity contribution in [1.29, 1.82) is 0 Å². The van der Waals surface area contributed by atoms with E-state index in [1.807, 2.05) is 19.9 Å². The van der Waals surface area contributed by atoms with Crippen molar-refractivity contribution in [3.05, 3.63) is 24.3 Å². The van der Waals surface area contributed by atoms with Crippen LogP contribution in [0.5, 0.6) is 0 Å². The van der Waals surface area contributed by atoms with Crippen molar-refractivity contribution in [3.63, 3.8) is 0 Å². The van der Waals surface area contributed by atoms with Crippen molar-refractivity contribution in [2.45, 2.75) is 39.3 Å². The van der Waals surface area contributed by atoms with Crippen molar-refractivity contribution in [2.24, 2.45) is 5.73 Å². The highest BCUT2D eigenvalue weighted by molar-refractivity contribution is 5.92. The van der Waals surface area contributed by atoms with Crippen LogP contribution in [0.4, 0.5) is 0 Å². The molecule has 1 atom stereocenters. The van der Waals surface area contributed by atoms with E-state index in [-0.39, 0.29) is 18.0 Å². The summed E-state index contributed by atoms with van der Waals surface area (Å²) in [6.45, 7) is 9.22. The summed E-state index contributed by atoms with van der Waals surface area (Å²) in [6.07, 6.45) is 4.16. The second-order valence-corrected chi connectivity index (χ2v) is 3.65. The quantitative estimate of drug-likeness (QED) is 0.515. The zero-order valence-electron chi connectivity index (χ0n) is 9.21. The summed E-state index contributed by atoms with van der Waals surface area (Å²) in [5.41, 5.74) is 6.33. The lowest BCUT2D eigenvalue weighted by Gasteiger charge is -2.08. The largest absolute Gasteiger partial charge is 0.350 e. The molecule has 0 saturated heterocycles. The summed E-state index contributed by atoms with van der Waals surface area (Å²) < 4.78 is 0. The third-order valence-electron chi connectivity index (χ3n) is 1.78. The van der Waals surface area contributed by atoms with Gasteiger partial charge in [0.1, 0.15) is 0 Å². The number of hydrogen-bond donors (Lipinski definition) is 2. The molecule has 3 nitrogen and oxygen atoms in total. The van der Waals surface area contributed by atoms with E-state index < -0.39 is 0 Å². The summed E-state index contributed by atoms with van der Waals surface area (Å²) in [4.78, 5) is 11.4. The number of hydrogen-bond acceptors (Lipinski definition) is 2. The van der Waals surface area contributed by atoms with Crippen LogP contribution in [-0.4, -0.2) is 18.0 Å². The van der Waals surface area contributed by atoms with Gasteiger partial charge in [-0.1, -0.05) is 12.2 Å². The number of amides is 1. The molecule has 3 heteroatoms. The normalized spacial score (nSPS) is 13.9. The van der Waals surface area contributed by atoms with Crippen molar-refractivity contribution >= 4 is 5.91 Å². The lowest BCUT2D eigenvalue weighted by Crippen LogP contribution is -2.30. The Morgan fingerprint density at radius 3 is 2.57 bits per heavy atom. The summed E-state index contributed by atoms with van der Waals surface area (Å²) in [5, 5.41) is 2.81. The number of nitrogens with one attached hydrogen (secondary N) is 1. The molecule has 0 rings (SSSR count). The van der Waals surface area contributed by atoms with Gasteiger partial charge in [0.05, 0.1) is 0 Å². The Hall–Kier alpha value is -1.09. The van der Waals surface area contributed by atoms with Crippen LogP contribution in [0.25, 0.3) is 0 Å². The van der Waals surface area contributed by atoms with E-state index in [1.54, 1.807) is 13.0 Å². The molecule has 1 unspecified atom stereocenters. The average molecular weight is 196 g/mol. The molecule has 0 aliphatic rings. The van der Waals surface area contributed by atoms with Crippen LogP contribution in [0.2, 0.25) is 0 Å². The zero-order valence-corrected chi connectivity index (χ0v) is 9.21. The van der Waals surface area contributed by atoms with E-state index in [2.05, 4.69) is 11.9 Å². The zero-order chi connectivity index (χ0) is 11.1. The third kappa shape index (κ3) is 5.54. The fraction of sp³-hybridized carbons (Fsp3) is 0.545. The Morgan fingerprint density at radius 2 is 2.14 bits per heavy atom. The minimum Gasteiger partial charge on any atom is -0.350 e. The van der Waals surface area contributed by atoms with Gasteiger partial charge < -0.3 is 11.1 Å². The predicted molar refractivity (Wildman–Crippen MR) is 59.8 cm³/mol. The minimum absolute atomic E-state index is 0.0312. The Bertz CT molecular complexity index is 231. The number of carbonyl (C=O) groups is 1. The molecule has 0 aliphatic carbocycles. The second-order valence-electron chi connectivity index (χ2n) is 3.65. The molecular weight excluding hydrogens is 176 g/mol. The van der Waals surface area contributed by atoms with E-state index in [4.69, 9.17) is 5.73 Å². The van der Waals surface area contributed by atoms with E-state index in [9.17, 15) is 4.79 Å². The van der Waals surface area contributed by atoms with Gasteiger partial charge in [0, 0.05) is 17.7 Å². The summed E-state index contributed by atoms with van der Waals surface area (Å²) >= 11 is 0. The molecule has 0 radical (unpaired) electrons. The van der Waals surface area contributed by atoms with Crippen LogP contribution in [-0.2, 0) is 4.79 Å². The molecule has 80 valence electrons. The predicted octanol–water partition coefficient (Wildman–Crippen LogP) is 1.36. The van der Waals surface area contributed by atoms with Gasteiger partial charge in [0.2, 0.25) is 5.91 Å². The molecule has 0 aromatic carbocycles. The first-order valence-electron chi connectivity index (χ1n) is 4.83. The number of carbonyl (C=O) groups excluding carboxylic acids is 1. The van der Waals surface area contributed by atoms with Gasteiger partial charge in [-0.3, -0.25) is 4.79 Å². The van der Waals surface area contributed by atoms with Crippen molar-refractivity contribution in [1.82, 2.24) is 5.32 Å². The first-order valence-corrected chi connectivity index (χ1v) is 4.83. The molecule has 14 heavy (non-hydrogen) atoms. The molecule has 0 aromatic heterocycles. The maximum absolute atomic E-state index is 11.4. The highest BCUT2D eigenvalue weighted by atomic mass is 16.1. The maximum atomic E-state index is 11.4. The van der Waals surface area contributed by atoms with Gasteiger partial charge in [-0.05, 0) is 27.2 Å². The first kappa shape index (κ1) is 12.9. The highest BCUT2D eigenvalue weighted by Gasteiger charge is 2.05. The smallest absolute Gasteiger partial charge is 0.246 e. The lowest BCUT2D eigenvalue weighted by atomic mass is 10.1. The first-order chi connectivity index (χ1) is 6.47. The molecule has 0 heterocycles. The van der Waals surface area contributed by atoms with Crippen LogP contribution in [0, 0.1) is 0 Å². The Kier molecular flexibility index (Phi) is 5.88. The minimum atomic E-state index is -0.0724. The van der Waals surface area contributed by atoms with E-state index in [0.717, 1.165) is 0 Å². The number of rotatable bonds is 5. The Balaban J connectivity index is 4.10. The van der Waals surface area contributed by atoms with Crippen molar-refractivity contribution in [2.75, 3.05) is 0 Å². The standard InChI is InChI=1S/C11H20N2O/c1-5-10(12)7-6-9(4)11(14)13-8(2)3/h5-6,8,10H,1,7,12H2,2-4H3,(H,13,14)/b9-6+. The maximum Gasteiger partial charge on any atom is 0.246 e. The Morgan fingerprint density at radius 1 is 1.57 bits per heavy atom. The molecule has 0 bridgehead atoms. The SMILES string of the molecule is C=CC(N)C/C=C(\C)C(=O)NC(C)C. The summed E-state index contributed by atoms with van der Waals surface area (Å²) in [6, 6.07) is 0.0933. The van der Waals surface area contributed by atoms with E-state index in [0.29, 0.717) is 12.0 Å². The van der Waals surface area contributed by atoms with Gasteiger partial charge in [-0.15, -0.1) is 6.58 Å². The van der Waals surface area contributed by atoms with Crippen LogP contribution in [0.1, 0.15) is 27.2 Å². The lowest BCUT2D eigenvalue weighted by molar-refractivity contribution is -0.117. The summed E-state index contributed by atoms with van der Waals surface area (Å²) in [5.74, 6) is -0.0312. The highest BCUT2D eigenvalue weighted by Crippen LogP contribution is 1.99. The van der Waals surface area contributed by atoms with Crippen LogP contribution in [0.15, 0.2) is 24.3 Å². The average Bonchev–Trinajstić information content (AvgIpc) is 2.12.